The number of hydrogen-bond acceptors (Lipinski definition) is 2. The molecule has 2 nitrogen and oxygen atoms in total. The molecule has 0 atom stereocenters. The molecule has 1 aromatic rings. The maximum Gasteiger partial charge on any atom is 0.122 e. The molecule has 0 saturated heterocycles. The predicted octanol–water partition coefficient (Wildman–Crippen LogP) is 2.41. The number of rotatable bonds is 5. The molecule has 0 saturated carbocycles. The average Bonchev–Trinajstić information content (AvgIpc) is 2.15. The molecule has 0 unspecified atom stereocenters. The summed E-state index contributed by atoms with van der Waals surface area (Å²) in [7, 11) is 0. The largest absolute Gasteiger partial charge is 0.492 e. The quantitative estimate of drug-likeness (QED) is 0.762. The number of nitrogens with one attached hydrogen (secondary N) is 1. The van der Waals surface area contributed by atoms with Gasteiger partial charge in [-0.2, -0.15) is 0 Å². The second-order valence-corrected chi connectivity index (χ2v) is 2.97. The Balaban J connectivity index is 0.00000169. The van der Waals surface area contributed by atoms with Crippen LogP contribution in [0.2, 0.25) is 0 Å². The minimum atomic E-state index is 0. The molecule has 0 aliphatic carbocycles. The van der Waals surface area contributed by atoms with Crippen molar-refractivity contribution in [3.05, 3.63) is 29.8 Å². The van der Waals surface area contributed by atoms with Crippen LogP contribution in [0.15, 0.2) is 24.3 Å². The maximum absolute atomic E-state index is 5.58. The smallest absolute Gasteiger partial charge is 0.122 e. The van der Waals surface area contributed by atoms with E-state index in [0.717, 1.165) is 25.4 Å². The van der Waals surface area contributed by atoms with Crippen molar-refractivity contribution < 1.29 is 4.74 Å². The molecule has 0 spiro atoms. The first-order valence-corrected chi connectivity index (χ1v) is 4.73. The second-order valence-electron chi connectivity index (χ2n) is 2.97. The van der Waals surface area contributed by atoms with Crippen LogP contribution in [-0.4, -0.2) is 19.7 Å². The molecule has 0 fully saturated rings. The number of halogens is 1. The summed E-state index contributed by atoms with van der Waals surface area (Å²) in [6.07, 6.45) is 0. The van der Waals surface area contributed by atoms with E-state index in [9.17, 15) is 0 Å². The van der Waals surface area contributed by atoms with Crippen LogP contribution >= 0.6 is 12.4 Å². The molecule has 0 bridgehead atoms. The Morgan fingerprint density at radius 3 is 2.64 bits per heavy atom. The Kier molecular flexibility index (Phi) is 7.25. The number of ether oxygens (including phenoxy) is 1. The normalized spacial score (nSPS) is 9.29. The van der Waals surface area contributed by atoms with Crippen LogP contribution in [0.1, 0.15) is 12.5 Å². The van der Waals surface area contributed by atoms with Gasteiger partial charge in [-0.3, -0.25) is 0 Å². The first kappa shape index (κ1) is 13.3. The highest BCUT2D eigenvalue weighted by atomic mass is 35.5. The zero-order chi connectivity index (χ0) is 9.52. The third-order valence-electron chi connectivity index (χ3n) is 1.88. The third kappa shape index (κ3) is 4.49. The summed E-state index contributed by atoms with van der Waals surface area (Å²) in [5.74, 6) is 0.986. The van der Waals surface area contributed by atoms with Gasteiger partial charge in [0.1, 0.15) is 12.4 Å². The van der Waals surface area contributed by atoms with Crippen LogP contribution in [0.4, 0.5) is 0 Å². The highest BCUT2D eigenvalue weighted by Gasteiger charge is 1.95. The summed E-state index contributed by atoms with van der Waals surface area (Å²) >= 11 is 0. The summed E-state index contributed by atoms with van der Waals surface area (Å²) in [5, 5.41) is 3.21. The first-order valence-electron chi connectivity index (χ1n) is 4.73. The van der Waals surface area contributed by atoms with Gasteiger partial charge >= 0.3 is 0 Å². The molecule has 3 heteroatoms. The van der Waals surface area contributed by atoms with Crippen molar-refractivity contribution in [2.45, 2.75) is 13.8 Å². The molecule has 1 rings (SSSR count). The van der Waals surface area contributed by atoms with Crippen LogP contribution in [0, 0.1) is 6.92 Å². The van der Waals surface area contributed by atoms with Gasteiger partial charge in [-0.25, -0.2) is 0 Å². The van der Waals surface area contributed by atoms with Gasteiger partial charge in [-0.05, 0) is 25.1 Å². The minimum Gasteiger partial charge on any atom is -0.492 e. The van der Waals surface area contributed by atoms with Crippen LogP contribution < -0.4 is 10.1 Å². The Morgan fingerprint density at radius 1 is 1.29 bits per heavy atom. The minimum absolute atomic E-state index is 0. The van der Waals surface area contributed by atoms with E-state index in [1.165, 1.54) is 5.56 Å². The van der Waals surface area contributed by atoms with Gasteiger partial charge in [0.15, 0.2) is 0 Å². The fourth-order valence-electron chi connectivity index (χ4n) is 1.13. The maximum atomic E-state index is 5.58. The molecule has 0 amide bonds. The first-order chi connectivity index (χ1) is 6.34. The van der Waals surface area contributed by atoms with Crippen molar-refractivity contribution in [2.75, 3.05) is 19.7 Å². The number of likely N-dealkylation sites (N-methyl/N-ethyl adjacent to an activating group) is 1. The SMILES string of the molecule is CCNCCOc1ccccc1C.Cl. The van der Waals surface area contributed by atoms with Crippen molar-refractivity contribution in [3.8, 4) is 5.75 Å². The van der Waals surface area contributed by atoms with Crippen molar-refractivity contribution in [1.82, 2.24) is 5.32 Å². The summed E-state index contributed by atoms with van der Waals surface area (Å²) in [6, 6.07) is 8.08. The summed E-state index contributed by atoms with van der Waals surface area (Å²) < 4.78 is 5.58. The summed E-state index contributed by atoms with van der Waals surface area (Å²) in [4.78, 5) is 0. The lowest BCUT2D eigenvalue weighted by Gasteiger charge is -2.08. The molecule has 0 heterocycles. The predicted molar refractivity (Wildman–Crippen MR) is 62.5 cm³/mol. The van der Waals surface area contributed by atoms with E-state index in [4.69, 9.17) is 4.74 Å². The number of benzene rings is 1. The zero-order valence-corrected chi connectivity index (χ0v) is 9.56. The monoisotopic (exact) mass is 215 g/mol. The molecule has 80 valence electrons. The third-order valence-corrected chi connectivity index (χ3v) is 1.88. The van der Waals surface area contributed by atoms with Crippen LogP contribution in [-0.2, 0) is 0 Å². The Labute approximate surface area is 92.1 Å². The molecule has 0 radical (unpaired) electrons. The molecule has 0 aliphatic rings. The fraction of sp³-hybridized carbons (Fsp3) is 0.455. The van der Waals surface area contributed by atoms with Crippen LogP contribution in [0.3, 0.4) is 0 Å². The van der Waals surface area contributed by atoms with Crippen molar-refractivity contribution >= 4 is 12.4 Å². The molecule has 1 aromatic carbocycles. The van der Waals surface area contributed by atoms with E-state index in [1.54, 1.807) is 0 Å². The van der Waals surface area contributed by atoms with E-state index in [1.807, 2.05) is 18.2 Å². The standard InChI is InChI=1S/C11H17NO.ClH/c1-3-12-8-9-13-11-7-5-4-6-10(11)2;/h4-7,12H,3,8-9H2,1-2H3;1H. The highest BCUT2D eigenvalue weighted by Crippen LogP contribution is 2.15. The average molecular weight is 216 g/mol. The van der Waals surface area contributed by atoms with Gasteiger partial charge in [-0.1, -0.05) is 25.1 Å². The Morgan fingerprint density at radius 2 is 2.00 bits per heavy atom. The topological polar surface area (TPSA) is 21.3 Å². The summed E-state index contributed by atoms with van der Waals surface area (Å²) in [5.41, 5.74) is 1.19. The Bertz CT molecular complexity index is 253. The van der Waals surface area contributed by atoms with Crippen molar-refractivity contribution in [3.63, 3.8) is 0 Å². The molecule has 0 aliphatic heterocycles. The molecule has 1 N–H and O–H groups in total. The van der Waals surface area contributed by atoms with E-state index in [-0.39, 0.29) is 12.4 Å². The van der Waals surface area contributed by atoms with Gasteiger partial charge < -0.3 is 10.1 Å². The molecular formula is C11H18ClNO. The fourth-order valence-corrected chi connectivity index (χ4v) is 1.13. The van der Waals surface area contributed by atoms with Crippen molar-refractivity contribution in [1.29, 1.82) is 0 Å². The molecular weight excluding hydrogens is 198 g/mol. The lowest BCUT2D eigenvalue weighted by atomic mass is 10.2. The summed E-state index contributed by atoms with van der Waals surface area (Å²) in [6.45, 7) is 6.79. The van der Waals surface area contributed by atoms with Crippen molar-refractivity contribution in [2.24, 2.45) is 0 Å². The van der Waals surface area contributed by atoms with Gasteiger partial charge in [0.2, 0.25) is 0 Å². The van der Waals surface area contributed by atoms with E-state index >= 15 is 0 Å². The highest BCUT2D eigenvalue weighted by molar-refractivity contribution is 5.85. The van der Waals surface area contributed by atoms with Gasteiger partial charge in [0, 0.05) is 6.54 Å². The van der Waals surface area contributed by atoms with E-state index in [0.29, 0.717) is 0 Å². The van der Waals surface area contributed by atoms with Gasteiger partial charge in [0.05, 0.1) is 0 Å². The number of aryl methyl sites for hydroxylation is 1. The molecule has 0 aromatic heterocycles. The van der Waals surface area contributed by atoms with Crippen LogP contribution in [0.5, 0.6) is 5.75 Å². The van der Waals surface area contributed by atoms with Gasteiger partial charge in [-0.15, -0.1) is 12.4 Å². The zero-order valence-electron chi connectivity index (χ0n) is 8.75. The lowest BCUT2D eigenvalue weighted by molar-refractivity contribution is 0.313. The Hall–Kier alpha value is -0.730. The molecule has 14 heavy (non-hydrogen) atoms. The van der Waals surface area contributed by atoms with Crippen LogP contribution in [0.25, 0.3) is 0 Å². The number of hydrogen-bond donors (Lipinski definition) is 1. The lowest BCUT2D eigenvalue weighted by Crippen LogP contribution is -2.20. The van der Waals surface area contributed by atoms with E-state index < -0.39 is 0 Å². The second kappa shape index (κ2) is 7.65. The number of para-hydroxylation sites is 1. The van der Waals surface area contributed by atoms with E-state index in [2.05, 4.69) is 25.2 Å². The van der Waals surface area contributed by atoms with Gasteiger partial charge in [0.25, 0.3) is 0 Å².